The lowest BCUT2D eigenvalue weighted by atomic mass is 10.1. The summed E-state index contributed by atoms with van der Waals surface area (Å²) in [5.41, 5.74) is 2.44. The van der Waals surface area contributed by atoms with E-state index in [1.54, 1.807) is 0 Å². The molecule has 0 aliphatic carbocycles. The van der Waals surface area contributed by atoms with Crippen LogP contribution in [-0.2, 0) is 6.42 Å². The first-order valence-electron chi connectivity index (χ1n) is 7.50. The van der Waals surface area contributed by atoms with E-state index >= 15 is 0 Å². The van der Waals surface area contributed by atoms with Crippen molar-refractivity contribution in [2.75, 3.05) is 39.8 Å². The topological polar surface area (TPSA) is 22.3 Å². The van der Waals surface area contributed by atoms with Gasteiger partial charge in [0.2, 0.25) is 0 Å². The molecule has 2 heterocycles. The molecule has 0 unspecified atom stereocenters. The lowest BCUT2D eigenvalue weighted by molar-refractivity contribution is 0.153. The first-order chi connectivity index (χ1) is 10.1. The highest BCUT2D eigenvalue weighted by molar-refractivity contribution is 14.1. The highest BCUT2D eigenvalue weighted by atomic mass is 127. The van der Waals surface area contributed by atoms with Crippen LogP contribution in [0.3, 0.4) is 0 Å². The third kappa shape index (κ3) is 3.55. The molecular weight excluding hydrogens is 397 g/mol. The molecule has 0 amide bonds. The highest BCUT2D eigenvalue weighted by Crippen LogP contribution is 2.30. The van der Waals surface area contributed by atoms with Gasteiger partial charge in [0, 0.05) is 40.7 Å². The summed E-state index contributed by atoms with van der Waals surface area (Å²) in [6.45, 7) is 5.92. The number of aromatic nitrogens is 1. The zero-order chi connectivity index (χ0) is 14.8. The summed E-state index contributed by atoms with van der Waals surface area (Å²) in [6.07, 6.45) is 2.21. The van der Waals surface area contributed by atoms with Crippen LogP contribution in [0.15, 0.2) is 18.2 Å². The Morgan fingerprint density at radius 3 is 2.76 bits per heavy atom. The van der Waals surface area contributed by atoms with Gasteiger partial charge in [-0.1, -0.05) is 17.7 Å². The molecule has 1 aromatic carbocycles. The highest BCUT2D eigenvalue weighted by Gasteiger charge is 2.15. The minimum Gasteiger partial charge on any atom is -0.345 e. The van der Waals surface area contributed by atoms with Gasteiger partial charge in [-0.3, -0.25) is 0 Å². The summed E-state index contributed by atoms with van der Waals surface area (Å²) < 4.78 is 1.28. The largest absolute Gasteiger partial charge is 0.345 e. The molecule has 0 bridgehead atoms. The predicted molar refractivity (Wildman–Crippen MR) is 98.3 cm³/mol. The molecule has 1 saturated heterocycles. The quantitative estimate of drug-likeness (QED) is 0.768. The molecule has 3 rings (SSSR count). The number of nitrogens with one attached hydrogen (secondary N) is 1. The van der Waals surface area contributed by atoms with Gasteiger partial charge in [-0.15, -0.1) is 0 Å². The van der Waals surface area contributed by atoms with Crippen LogP contribution in [0, 0.1) is 3.57 Å². The second kappa shape index (κ2) is 6.86. The van der Waals surface area contributed by atoms with Gasteiger partial charge in [-0.05, 0) is 66.7 Å². The summed E-state index contributed by atoms with van der Waals surface area (Å²) in [5, 5.41) is 2.12. The standard InChI is InChI=1S/C16H21ClIN3/c1-20-8-10-21(11-9-20)7-3-4-12-15-13(18)5-2-6-14(15)19-16(12)17/h2,5-6,19H,3-4,7-11H2,1H3. The van der Waals surface area contributed by atoms with E-state index in [9.17, 15) is 0 Å². The number of rotatable bonds is 4. The average Bonchev–Trinajstić information content (AvgIpc) is 2.79. The molecule has 1 N–H and O–H groups in total. The number of hydrogen-bond acceptors (Lipinski definition) is 2. The number of hydrogen-bond donors (Lipinski definition) is 1. The predicted octanol–water partition coefficient (Wildman–Crippen LogP) is 3.61. The van der Waals surface area contributed by atoms with Crippen LogP contribution >= 0.6 is 34.2 Å². The Balaban J connectivity index is 1.64. The van der Waals surface area contributed by atoms with E-state index < -0.39 is 0 Å². The number of fused-ring (bicyclic) bond motifs is 1. The van der Waals surface area contributed by atoms with Gasteiger partial charge in [0.15, 0.2) is 0 Å². The maximum absolute atomic E-state index is 6.40. The van der Waals surface area contributed by atoms with E-state index in [1.807, 2.05) is 0 Å². The Morgan fingerprint density at radius 1 is 1.24 bits per heavy atom. The van der Waals surface area contributed by atoms with Crippen molar-refractivity contribution in [3.63, 3.8) is 0 Å². The molecule has 114 valence electrons. The smallest absolute Gasteiger partial charge is 0.110 e. The minimum atomic E-state index is 0.812. The van der Waals surface area contributed by atoms with E-state index in [-0.39, 0.29) is 0 Å². The molecule has 0 radical (unpaired) electrons. The molecule has 1 aromatic heterocycles. The Kier molecular flexibility index (Phi) is 5.09. The van der Waals surface area contributed by atoms with Gasteiger partial charge in [-0.2, -0.15) is 0 Å². The first kappa shape index (κ1) is 15.6. The Bertz CT molecular complexity index is 617. The number of aryl methyl sites for hydroxylation is 1. The molecule has 21 heavy (non-hydrogen) atoms. The molecule has 1 aliphatic rings. The molecule has 1 aliphatic heterocycles. The number of halogens is 2. The Morgan fingerprint density at radius 2 is 2.00 bits per heavy atom. The van der Waals surface area contributed by atoms with Gasteiger partial charge >= 0.3 is 0 Å². The van der Waals surface area contributed by atoms with E-state index in [0.29, 0.717) is 0 Å². The van der Waals surface area contributed by atoms with Gasteiger partial charge in [0.25, 0.3) is 0 Å². The molecule has 0 saturated carbocycles. The van der Waals surface area contributed by atoms with E-state index in [2.05, 4.69) is 62.6 Å². The van der Waals surface area contributed by atoms with Crippen LogP contribution in [0.2, 0.25) is 5.15 Å². The van der Waals surface area contributed by atoms with E-state index in [1.165, 1.54) is 53.7 Å². The lowest BCUT2D eigenvalue weighted by Crippen LogP contribution is -2.44. The SMILES string of the molecule is CN1CCN(CCCc2c(Cl)[nH]c3cccc(I)c23)CC1. The normalized spacial score (nSPS) is 17.7. The lowest BCUT2D eigenvalue weighted by Gasteiger charge is -2.32. The summed E-state index contributed by atoms with van der Waals surface area (Å²) >= 11 is 8.80. The van der Waals surface area contributed by atoms with Gasteiger partial charge in [0.1, 0.15) is 5.15 Å². The number of likely N-dealkylation sites (N-methyl/N-ethyl adjacent to an activating group) is 1. The van der Waals surface area contributed by atoms with Crippen molar-refractivity contribution >= 4 is 45.1 Å². The van der Waals surface area contributed by atoms with Crippen LogP contribution in [0.4, 0.5) is 0 Å². The minimum absolute atomic E-state index is 0.812. The fraction of sp³-hybridized carbons (Fsp3) is 0.500. The molecule has 1 fully saturated rings. The van der Waals surface area contributed by atoms with Crippen molar-refractivity contribution in [1.82, 2.24) is 14.8 Å². The molecule has 0 atom stereocenters. The van der Waals surface area contributed by atoms with Crippen molar-refractivity contribution in [2.24, 2.45) is 0 Å². The van der Waals surface area contributed by atoms with Gasteiger partial charge in [-0.25, -0.2) is 0 Å². The third-order valence-electron chi connectivity index (χ3n) is 4.32. The number of benzene rings is 1. The second-order valence-electron chi connectivity index (χ2n) is 5.83. The van der Waals surface area contributed by atoms with Crippen LogP contribution in [0.5, 0.6) is 0 Å². The third-order valence-corrected chi connectivity index (χ3v) is 5.54. The van der Waals surface area contributed by atoms with E-state index in [0.717, 1.165) is 17.1 Å². The number of nitrogens with zero attached hydrogens (tertiary/aromatic N) is 2. The zero-order valence-corrected chi connectivity index (χ0v) is 15.2. The number of aromatic amines is 1. The summed E-state index contributed by atoms with van der Waals surface area (Å²) in [7, 11) is 2.20. The van der Waals surface area contributed by atoms with Crippen molar-refractivity contribution in [1.29, 1.82) is 0 Å². The molecule has 0 spiro atoms. The van der Waals surface area contributed by atoms with Crippen LogP contribution in [0.25, 0.3) is 10.9 Å². The van der Waals surface area contributed by atoms with Crippen molar-refractivity contribution in [3.8, 4) is 0 Å². The second-order valence-corrected chi connectivity index (χ2v) is 7.37. The molecule has 3 nitrogen and oxygen atoms in total. The van der Waals surface area contributed by atoms with Gasteiger partial charge < -0.3 is 14.8 Å². The van der Waals surface area contributed by atoms with Crippen molar-refractivity contribution in [2.45, 2.75) is 12.8 Å². The van der Waals surface area contributed by atoms with Crippen LogP contribution in [-0.4, -0.2) is 54.6 Å². The van der Waals surface area contributed by atoms with Gasteiger partial charge in [0.05, 0.1) is 0 Å². The average molecular weight is 418 g/mol. The summed E-state index contributed by atoms with van der Waals surface area (Å²) in [6, 6.07) is 6.33. The number of piperazine rings is 1. The first-order valence-corrected chi connectivity index (χ1v) is 8.96. The molecule has 2 aromatic rings. The monoisotopic (exact) mass is 417 g/mol. The Labute approximate surface area is 144 Å². The maximum atomic E-state index is 6.40. The van der Waals surface area contributed by atoms with Crippen LogP contribution in [0.1, 0.15) is 12.0 Å². The summed E-state index contributed by atoms with van der Waals surface area (Å²) in [5.74, 6) is 0. The fourth-order valence-electron chi connectivity index (χ4n) is 3.02. The number of H-pyrrole nitrogens is 1. The van der Waals surface area contributed by atoms with Crippen LogP contribution < -0.4 is 0 Å². The zero-order valence-electron chi connectivity index (χ0n) is 12.3. The maximum Gasteiger partial charge on any atom is 0.110 e. The van der Waals surface area contributed by atoms with E-state index in [4.69, 9.17) is 11.6 Å². The van der Waals surface area contributed by atoms with Crippen molar-refractivity contribution < 1.29 is 0 Å². The Hall–Kier alpha value is -0.300. The molecular formula is C16H21ClIN3. The van der Waals surface area contributed by atoms with Crippen molar-refractivity contribution in [3.05, 3.63) is 32.5 Å². The molecule has 5 heteroatoms. The summed E-state index contributed by atoms with van der Waals surface area (Å²) in [4.78, 5) is 8.26. The fourth-order valence-corrected chi connectivity index (χ4v) is 4.14.